The van der Waals surface area contributed by atoms with E-state index in [1.165, 1.54) is 42.0 Å². The van der Waals surface area contributed by atoms with E-state index in [0.29, 0.717) is 5.56 Å². The molecule has 0 unspecified atom stereocenters. The molecule has 0 aliphatic heterocycles. The van der Waals surface area contributed by atoms with Gasteiger partial charge in [-0.25, -0.2) is 0 Å². The van der Waals surface area contributed by atoms with Crippen LogP contribution < -0.4 is 0 Å². The first-order chi connectivity index (χ1) is 19.8. The van der Waals surface area contributed by atoms with Gasteiger partial charge in [-0.3, -0.25) is 0 Å². The zero-order chi connectivity index (χ0) is 26.6. The van der Waals surface area contributed by atoms with Gasteiger partial charge in [-0.05, 0) is 59.2 Å². The van der Waals surface area contributed by atoms with Crippen LogP contribution in [0.2, 0.25) is 0 Å². The third kappa shape index (κ3) is 3.41. The Hall–Kier alpha value is -5.17. The van der Waals surface area contributed by atoms with Crippen LogP contribution in [0.1, 0.15) is 5.56 Å². The Kier molecular flexibility index (Phi) is 5.10. The van der Waals surface area contributed by atoms with Gasteiger partial charge in [-0.2, -0.15) is 5.26 Å². The van der Waals surface area contributed by atoms with Crippen LogP contribution in [0, 0.1) is 11.3 Å². The highest BCUT2D eigenvalue weighted by Crippen LogP contribution is 2.39. The third-order valence-corrected chi connectivity index (χ3v) is 9.02. The maximum absolute atomic E-state index is 10.3. The smallest absolute Gasteiger partial charge is 0.0998 e. The van der Waals surface area contributed by atoms with Crippen molar-refractivity contribution in [2.45, 2.75) is 0 Å². The summed E-state index contributed by atoms with van der Waals surface area (Å²) in [7, 11) is 0. The molecule has 0 saturated carbocycles. The van der Waals surface area contributed by atoms with E-state index < -0.39 is 0 Å². The van der Waals surface area contributed by atoms with Crippen molar-refractivity contribution in [3.63, 3.8) is 0 Å². The van der Waals surface area contributed by atoms with Gasteiger partial charge >= 0.3 is 0 Å². The number of hydrogen-bond acceptors (Lipinski definition) is 2. The summed E-state index contributed by atoms with van der Waals surface area (Å²) in [5, 5.41) is 15.2. The molecule has 0 radical (unpaired) electrons. The normalized spacial score (nSPS) is 11.5. The number of rotatable bonds is 3. The van der Waals surface area contributed by atoms with Crippen LogP contribution in [-0.2, 0) is 0 Å². The lowest BCUT2D eigenvalue weighted by molar-refractivity contribution is 1.18. The molecule has 0 N–H and O–H groups in total. The molecule has 2 heterocycles. The molecule has 0 fully saturated rings. The van der Waals surface area contributed by atoms with Gasteiger partial charge in [0, 0.05) is 36.5 Å². The van der Waals surface area contributed by atoms with Crippen molar-refractivity contribution < 1.29 is 0 Å². The van der Waals surface area contributed by atoms with Crippen molar-refractivity contribution >= 4 is 53.3 Å². The molecule has 8 aromatic rings. The standard InChI is InChI=1S/C37H22N2S/c38-23-26-21-24(17-19-27(26)25-18-20-37-32(22-25)31-12-4-8-16-36(31)40-37)28-9-1-5-13-33(28)39-34-14-6-2-10-29(34)30-11-3-7-15-35(30)39/h1-22H. The van der Waals surface area contributed by atoms with Gasteiger partial charge < -0.3 is 4.57 Å². The molecule has 0 aliphatic carbocycles. The van der Waals surface area contributed by atoms with Gasteiger partial charge in [-0.15, -0.1) is 11.3 Å². The van der Waals surface area contributed by atoms with Crippen LogP contribution in [-0.4, -0.2) is 4.57 Å². The fraction of sp³-hybridized carbons (Fsp3) is 0. The first kappa shape index (κ1) is 22.8. The monoisotopic (exact) mass is 526 g/mol. The van der Waals surface area contributed by atoms with Crippen molar-refractivity contribution in [1.29, 1.82) is 5.26 Å². The van der Waals surface area contributed by atoms with Crippen LogP contribution in [0.3, 0.4) is 0 Å². The van der Waals surface area contributed by atoms with Crippen LogP contribution in [0.25, 0.3) is 69.9 Å². The summed E-state index contributed by atoms with van der Waals surface area (Å²) in [6.07, 6.45) is 0. The first-order valence-electron chi connectivity index (χ1n) is 13.3. The van der Waals surface area contributed by atoms with Crippen molar-refractivity contribution in [3.8, 4) is 34.0 Å². The Morgan fingerprint density at radius 1 is 0.500 bits per heavy atom. The second-order valence-electron chi connectivity index (χ2n) is 10.1. The van der Waals surface area contributed by atoms with E-state index in [2.05, 4.69) is 138 Å². The number of benzene rings is 6. The summed E-state index contributed by atoms with van der Waals surface area (Å²) in [4.78, 5) is 0. The summed E-state index contributed by atoms with van der Waals surface area (Å²) in [5.41, 5.74) is 8.26. The van der Waals surface area contributed by atoms with Crippen molar-refractivity contribution in [2.75, 3.05) is 0 Å². The molecule has 0 aliphatic rings. The molecule has 0 spiro atoms. The Morgan fingerprint density at radius 3 is 1.88 bits per heavy atom. The van der Waals surface area contributed by atoms with E-state index in [0.717, 1.165) is 27.9 Å². The highest BCUT2D eigenvalue weighted by molar-refractivity contribution is 7.25. The molecule has 3 heteroatoms. The Balaban J connectivity index is 1.31. The fourth-order valence-corrected chi connectivity index (χ4v) is 7.13. The summed E-state index contributed by atoms with van der Waals surface area (Å²) in [6, 6.07) is 49.5. The van der Waals surface area contributed by atoms with Crippen LogP contribution in [0.5, 0.6) is 0 Å². The predicted octanol–water partition coefficient (Wildman–Crippen LogP) is 10.4. The SMILES string of the molecule is N#Cc1cc(-c2ccccc2-n2c3ccccc3c3ccccc32)ccc1-c1ccc2sc3ccccc3c2c1. The molecule has 2 aromatic heterocycles. The highest BCUT2D eigenvalue weighted by Gasteiger charge is 2.16. The number of nitrogens with zero attached hydrogens (tertiary/aromatic N) is 2. The van der Waals surface area contributed by atoms with Crippen molar-refractivity contribution in [3.05, 3.63) is 139 Å². The second kappa shape index (κ2) is 8.95. The van der Waals surface area contributed by atoms with E-state index in [-0.39, 0.29) is 0 Å². The molecule has 8 rings (SSSR count). The number of nitriles is 1. The second-order valence-corrected chi connectivity index (χ2v) is 11.2. The summed E-state index contributed by atoms with van der Waals surface area (Å²) < 4.78 is 4.89. The van der Waals surface area contributed by atoms with Crippen molar-refractivity contribution in [2.24, 2.45) is 0 Å². The van der Waals surface area contributed by atoms with Crippen LogP contribution in [0.4, 0.5) is 0 Å². The van der Waals surface area contributed by atoms with E-state index in [9.17, 15) is 5.26 Å². The quantitative estimate of drug-likeness (QED) is 0.225. The zero-order valence-corrected chi connectivity index (χ0v) is 22.3. The molecule has 40 heavy (non-hydrogen) atoms. The van der Waals surface area contributed by atoms with Gasteiger partial charge in [0.2, 0.25) is 0 Å². The molecular formula is C37H22N2S. The summed E-state index contributed by atoms with van der Waals surface area (Å²) in [5.74, 6) is 0. The highest BCUT2D eigenvalue weighted by atomic mass is 32.1. The number of aromatic nitrogens is 1. The Morgan fingerprint density at radius 2 is 1.10 bits per heavy atom. The lowest BCUT2D eigenvalue weighted by Gasteiger charge is -2.15. The van der Waals surface area contributed by atoms with Gasteiger partial charge in [-0.1, -0.05) is 91.0 Å². The Labute approximate surface area is 235 Å². The first-order valence-corrected chi connectivity index (χ1v) is 14.2. The number of fused-ring (bicyclic) bond motifs is 6. The van der Waals surface area contributed by atoms with Crippen LogP contribution >= 0.6 is 11.3 Å². The number of para-hydroxylation sites is 3. The molecule has 0 amide bonds. The third-order valence-electron chi connectivity index (χ3n) is 7.86. The van der Waals surface area contributed by atoms with E-state index >= 15 is 0 Å². The van der Waals surface area contributed by atoms with Crippen molar-refractivity contribution in [1.82, 2.24) is 4.57 Å². The average Bonchev–Trinajstić information content (AvgIpc) is 3.56. The lowest BCUT2D eigenvalue weighted by atomic mass is 9.94. The molecule has 2 nitrogen and oxygen atoms in total. The molecule has 186 valence electrons. The maximum atomic E-state index is 10.3. The minimum Gasteiger partial charge on any atom is -0.309 e. The predicted molar refractivity (Wildman–Crippen MR) is 169 cm³/mol. The maximum Gasteiger partial charge on any atom is 0.0998 e. The lowest BCUT2D eigenvalue weighted by Crippen LogP contribution is -1.97. The molecule has 0 bridgehead atoms. The number of hydrogen-bond donors (Lipinski definition) is 0. The molecular weight excluding hydrogens is 504 g/mol. The van der Waals surface area contributed by atoms with Gasteiger partial charge in [0.15, 0.2) is 0 Å². The Bertz CT molecular complexity index is 2240. The van der Waals surface area contributed by atoms with Crippen LogP contribution in [0.15, 0.2) is 133 Å². The van der Waals surface area contributed by atoms with E-state index in [4.69, 9.17) is 0 Å². The molecule has 6 aromatic carbocycles. The summed E-state index contributed by atoms with van der Waals surface area (Å²) in [6.45, 7) is 0. The average molecular weight is 527 g/mol. The largest absolute Gasteiger partial charge is 0.309 e. The zero-order valence-electron chi connectivity index (χ0n) is 21.5. The molecule has 0 atom stereocenters. The minimum atomic E-state index is 0.674. The topological polar surface area (TPSA) is 28.7 Å². The van der Waals surface area contributed by atoms with Gasteiger partial charge in [0.25, 0.3) is 0 Å². The van der Waals surface area contributed by atoms with Gasteiger partial charge in [0.1, 0.15) is 0 Å². The van der Waals surface area contributed by atoms with E-state index in [1.54, 1.807) is 0 Å². The number of thiophene rings is 1. The fourth-order valence-electron chi connectivity index (χ4n) is 6.04. The summed E-state index contributed by atoms with van der Waals surface area (Å²) >= 11 is 1.81. The molecule has 0 saturated heterocycles. The minimum absolute atomic E-state index is 0.674. The van der Waals surface area contributed by atoms with Gasteiger partial charge in [0.05, 0.1) is 28.4 Å². The van der Waals surface area contributed by atoms with E-state index in [1.807, 2.05) is 17.4 Å².